The molecule has 1 aromatic carbocycles. The number of hydrogen-bond donors (Lipinski definition) is 5. The second-order valence-electron chi connectivity index (χ2n) is 9.19. The second-order valence-corrected chi connectivity index (χ2v) is 9.19. The van der Waals surface area contributed by atoms with Crippen LogP contribution in [0.15, 0.2) is 42.9 Å². The van der Waals surface area contributed by atoms with E-state index in [1.54, 1.807) is 18.6 Å². The van der Waals surface area contributed by atoms with Gasteiger partial charge in [-0.25, -0.2) is 13.8 Å². The number of aliphatic hydroxyl groups excluding tert-OH is 1. The zero-order chi connectivity index (χ0) is 25.8. The number of aromatic amines is 1. The first-order valence-corrected chi connectivity index (χ1v) is 11.7. The predicted molar refractivity (Wildman–Crippen MR) is 134 cm³/mol. The van der Waals surface area contributed by atoms with Crippen LogP contribution in [0.25, 0.3) is 6.08 Å². The van der Waals surface area contributed by atoms with Gasteiger partial charge in [-0.1, -0.05) is 6.92 Å². The summed E-state index contributed by atoms with van der Waals surface area (Å²) in [4.78, 5) is 11.6. The van der Waals surface area contributed by atoms with Crippen molar-refractivity contribution in [3.63, 3.8) is 0 Å². The molecule has 0 bridgehead atoms. The molecule has 2 heterocycles. The van der Waals surface area contributed by atoms with Gasteiger partial charge in [0.25, 0.3) is 0 Å². The van der Waals surface area contributed by atoms with E-state index in [1.165, 1.54) is 19.3 Å². The molecule has 1 aliphatic rings. The monoisotopic (exact) mass is 496 g/mol. The van der Waals surface area contributed by atoms with Gasteiger partial charge in [0.2, 0.25) is 5.95 Å². The van der Waals surface area contributed by atoms with E-state index < -0.39 is 23.3 Å². The first kappa shape index (κ1) is 25.6. The number of imidazole rings is 1. The highest BCUT2D eigenvalue weighted by atomic mass is 19.1. The van der Waals surface area contributed by atoms with E-state index in [1.807, 2.05) is 13.0 Å². The van der Waals surface area contributed by atoms with E-state index in [9.17, 15) is 13.9 Å². The standard InChI is InChI=1S/C26H30F2N6O2/c1-14-7-16(10-22(30)25(14)35)18-5-6-31-12-23(18)34-26-32-11-17(33-26)3-4-21(29)24-19(27)8-15(13-36-2)9-20(24)28/h3-6,8-9,11-12,14,16,22,25,29,35H,7,10,13,30H2,1-2H3,(H2,32,33,34)/b4-3-,29-21?/t14-,16+,22+,25-/m0/s1. The van der Waals surface area contributed by atoms with Crippen molar-refractivity contribution >= 4 is 23.4 Å². The molecule has 0 aliphatic heterocycles. The van der Waals surface area contributed by atoms with Crippen LogP contribution in [0.5, 0.6) is 0 Å². The molecule has 0 unspecified atom stereocenters. The molecule has 0 radical (unpaired) electrons. The van der Waals surface area contributed by atoms with Crippen LogP contribution in [-0.2, 0) is 11.3 Å². The number of nitrogens with two attached hydrogens (primary N) is 1. The topological polar surface area (TPSA) is 133 Å². The molecule has 0 saturated heterocycles. The van der Waals surface area contributed by atoms with Crippen molar-refractivity contribution < 1.29 is 18.6 Å². The molecule has 0 amide bonds. The molecule has 1 fully saturated rings. The summed E-state index contributed by atoms with van der Waals surface area (Å²) in [5, 5.41) is 21.6. The summed E-state index contributed by atoms with van der Waals surface area (Å²) in [5.41, 5.74) is 8.15. The minimum atomic E-state index is -0.822. The summed E-state index contributed by atoms with van der Waals surface area (Å²) in [6.07, 6.45) is 8.77. The number of allylic oxidation sites excluding steroid dienone is 1. The first-order chi connectivity index (χ1) is 17.3. The summed E-state index contributed by atoms with van der Waals surface area (Å²) < 4.78 is 33.7. The van der Waals surface area contributed by atoms with Crippen molar-refractivity contribution in [2.75, 3.05) is 12.4 Å². The molecule has 10 heteroatoms. The summed E-state index contributed by atoms with van der Waals surface area (Å²) in [5.74, 6) is -0.945. The molecule has 1 aliphatic carbocycles. The largest absolute Gasteiger partial charge is 0.391 e. The predicted octanol–water partition coefficient (Wildman–Crippen LogP) is 4.26. The Morgan fingerprint density at radius 1 is 1.31 bits per heavy atom. The lowest BCUT2D eigenvalue weighted by Gasteiger charge is -2.36. The summed E-state index contributed by atoms with van der Waals surface area (Å²) in [6, 6.07) is 3.97. The maximum absolute atomic E-state index is 14.4. The lowest BCUT2D eigenvalue weighted by Crippen LogP contribution is -2.44. The second kappa shape index (κ2) is 11.1. The van der Waals surface area contributed by atoms with Gasteiger partial charge >= 0.3 is 0 Å². The fraction of sp³-hybridized carbons (Fsp3) is 0.346. The van der Waals surface area contributed by atoms with E-state index in [4.69, 9.17) is 15.9 Å². The Bertz CT molecular complexity index is 1230. The lowest BCUT2D eigenvalue weighted by molar-refractivity contribution is 0.0521. The maximum Gasteiger partial charge on any atom is 0.205 e. The molecule has 2 aromatic heterocycles. The number of ether oxygens (including phenoxy) is 1. The number of aromatic nitrogens is 3. The fourth-order valence-corrected chi connectivity index (χ4v) is 4.69. The molecule has 0 spiro atoms. The Morgan fingerprint density at radius 3 is 2.75 bits per heavy atom. The van der Waals surface area contributed by atoms with Crippen molar-refractivity contribution in [2.24, 2.45) is 11.7 Å². The van der Waals surface area contributed by atoms with Crippen LogP contribution in [0, 0.1) is 23.0 Å². The summed E-state index contributed by atoms with van der Waals surface area (Å²) >= 11 is 0. The molecule has 190 valence electrons. The third kappa shape index (κ3) is 5.67. The molecule has 36 heavy (non-hydrogen) atoms. The van der Waals surface area contributed by atoms with Crippen molar-refractivity contribution in [1.29, 1.82) is 5.41 Å². The van der Waals surface area contributed by atoms with Crippen molar-refractivity contribution in [3.8, 4) is 0 Å². The molecule has 3 aromatic rings. The Labute approximate surface area is 208 Å². The van der Waals surface area contributed by atoms with Crippen LogP contribution >= 0.6 is 0 Å². The van der Waals surface area contributed by atoms with E-state index in [2.05, 4.69) is 20.3 Å². The van der Waals surface area contributed by atoms with Crippen LogP contribution in [-0.4, -0.2) is 45.0 Å². The van der Waals surface area contributed by atoms with E-state index in [0.29, 0.717) is 23.6 Å². The number of anilines is 2. The zero-order valence-corrected chi connectivity index (χ0v) is 20.1. The SMILES string of the molecule is COCc1cc(F)c(C(=N)/C=C\c2cnc(Nc3cnccc3[C@H]3C[C@@H](N)[C@@H](O)[C@@H](C)C3)[nH]2)c(F)c1. The van der Waals surface area contributed by atoms with Crippen LogP contribution in [0.3, 0.4) is 0 Å². The number of aliphatic hydroxyl groups is 1. The van der Waals surface area contributed by atoms with Crippen molar-refractivity contribution in [1.82, 2.24) is 15.0 Å². The number of methoxy groups -OCH3 is 1. The van der Waals surface area contributed by atoms with Gasteiger partial charge in [-0.15, -0.1) is 0 Å². The zero-order valence-electron chi connectivity index (χ0n) is 20.1. The van der Waals surface area contributed by atoms with Crippen LogP contribution < -0.4 is 11.1 Å². The average molecular weight is 497 g/mol. The normalized spacial score (nSPS) is 22.2. The first-order valence-electron chi connectivity index (χ1n) is 11.7. The molecule has 4 rings (SSSR count). The number of pyridine rings is 1. The molecule has 8 nitrogen and oxygen atoms in total. The van der Waals surface area contributed by atoms with Gasteiger partial charge in [0, 0.05) is 19.3 Å². The third-order valence-electron chi connectivity index (χ3n) is 6.49. The quantitative estimate of drug-likeness (QED) is 0.296. The minimum Gasteiger partial charge on any atom is -0.391 e. The van der Waals surface area contributed by atoms with Gasteiger partial charge < -0.3 is 31.3 Å². The number of hydrogen-bond acceptors (Lipinski definition) is 7. The minimum absolute atomic E-state index is 0.0778. The van der Waals surface area contributed by atoms with Gasteiger partial charge in [-0.05, 0) is 66.2 Å². The lowest BCUT2D eigenvalue weighted by atomic mass is 9.74. The molecule has 6 N–H and O–H groups in total. The van der Waals surface area contributed by atoms with Crippen LogP contribution in [0.1, 0.15) is 48.1 Å². The van der Waals surface area contributed by atoms with E-state index >= 15 is 0 Å². The van der Waals surface area contributed by atoms with Gasteiger partial charge in [-0.3, -0.25) is 4.98 Å². The van der Waals surface area contributed by atoms with Gasteiger partial charge in [-0.2, -0.15) is 0 Å². The average Bonchev–Trinajstić information content (AvgIpc) is 3.28. The highest BCUT2D eigenvalue weighted by Gasteiger charge is 2.33. The van der Waals surface area contributed by atoms with E-state index in [0.717, 1.165) is 29.8 Å². The number of H-pyrrole nitrogens is 1. The maximum atomic E-state index is 14.4. The van der Waals surface area contributed by atoms with E-state index in [-0.39, 0.29) is 30.2 Å². The highest BCUT2D eigenvalue weighted by Crippen LogP contribution is 2.39. The fourth-order valence-electron chi connectivity index (χ4n) is 4.69. The number of benzene rings is 1. The molecular weight excluding hydrogens is 466 g/mol. The Balaban J connectivity index is 1.47. The third-order valence-corrected chi connectivity index (χ3v) is 6.49. The Kier molecular flexibility index (Phi) is 7.88. The number of halogens is 2. The van der Waals surface area contributed by atoms with Gasteiger partial charge in [0.1, 0.15) is 11.6 Å². The highest BCUT2D eigenvalue weighted by molar-refractivity contribution is 6.09. The van der Waals surface area contributed by atoms with Gasteiger partial charge in [0.05, 0.1) is 47.8 Å². The number of nitrogens with zero attached hydrogens (tertiary/aromatic N) is 2. The van der Waals surface area contributed by atoms with Gasteiger partial charge in [0.15, 0.2) is 0 Å². The van der Waals surface area contributed by atoms with Crippen molar-refractivity contribution in [2.45, 2.75) is 44.4 Å². The number of rotatable bonds is 8. The van der Waals surface area contributed by atoms with Crippen LogP contribution in [0.4, 0.5) is 20.4 Å². The van der Waals surface area contributed by atoms with Crippen LogP contribution in [0.2, 0.25) is 0 Å². The smallest absolute Gasteiger partial charge is 0.205 e. The Hall–Kier alpha value is -3.47. The Morgan fingerprint density at radius 2 is 2.06 bits per heavy atom. The number of nitrogens with one attached hydrogen (secondary N) is 3. The molecule has 4 atom stereocenters. The summed E-state index contributed by atoms with van der Waals surface area (Å²) in [7, 11) is 1.44. The molecular formula is C26H30F2N6O2. The summed E-state index contributed by atoms with van der Waals surface area (Å²) in [6.45, 7) is 2.08. The molecule has 1 saturated carbocycles. The van der Waals surface area contributed by atoms with Crippen molar-refractivity contribution in [3.05, 3.63) is 76.9 Å².